The minimum atomic E-state index is -0.635. The first-order valence-corrected chi connectivity index (χ1v) is 7.39. The smallest absolute Gasteiger partial charge is 0.233 e. The molecule has 1 aliphatic carbocycles. The number of carbonyl (C=O) groups excluding carboxylic acids is 1. The molecular formula is C14H26N2OS. The van der Waals surface area contributed by atoms with Crippen LogP contribution >= 0.6 is 12.2 Å². The van der Waals surface area contributed by atoms with E-state index in [1.807, 2.05) is 0 Å². The van der Waals surface area contributed by atoms with Crippen molar-refractivity contribution >= 4 is 23.1 Å². The molecule has 0 radical (unpaired) electrons. The first-order valence-electron chi connectivity index (χ1n) is 6.98. The van der Waals surface area contributed by atoms with E-state index in [0.717, 1.165) is 32.2 Å². The highest BCUT2D eigenvalue weighted by Crippen LogP contribution is 2.44. The van der Waals surface area contributed by atoms with Crippen molar-refractivity contribution in [1.29, 1.82) is 0 Å². The van der Waals surface area contributed by atoms with Gasteiger partial charge in [0, 0.05) is 6.54 Å². The van der Waals surface area contributed by atoms with Gasteiger partial charge in [0.15, 0.2) is 0 Å². The molecule has 0 aromatic heterocycles. The Labute approximate surface area is 116 Å². The van der Waals surface area contributed by atoms with E-state index in [-0.39, 0.29) is 5.91 Å². The topological polar surface area (TPSA) is 55.1 Å². The Hall–Kier alpha value is -0.640. The Morgan fingerprint density at radius 1 is 1.33 bits per heavy atom. The summed E-state index contributed by atoms with van der Waals surface area (Å²) in [5, 5.41) is 3.07. The fraction of sp³-hybridized carbons (Fsp3) is 0.857. The third-order valence-corrected chi connectivity index (χ3v) is 4.43. The van der Waals surface area contributed by atoms with E-state index in [1.54, 1.807) is 0 Å². The van der Waals surface area contributed by atoms with Gasteiger partial charge < -0.3 is 11.1 Å². The predicted octanol–water partition coefficient (Wildman–Crippen LogP) is 2.78. The summed E-state index contributed by atoms with van der Waals surface area (Å²) in [6.07, 6.45) is 5.74. The molecular weight excluding hydrogens is 244 g/mol. The monoisotopic (exact) mass is 270 g/mol. The van der Waals surface area contributed by atoms with Crippen molar-refractivity contribution < 1.29 is 4.79 Å². The van der Waals surface area contributed by atoms with E-state index in [0.29, 0.717) is 10.4 Å². The lowest BCUT2D eigenvalue weighted by Gasteiger charge is -2.31. The second-order valence-corrected chi connectivity index (χ2v) is 6.38. The molecule has 1 amide bonds. The van der Waals surface area contributed by atoms with Crippen molar-refractivity contribution in [2.45, 2.75) is 59.3 Å². The Kier molecular flexibility index (Phi) is 5.14. The fourth-order valence-electron chi connectivity index (χ4n) is 2.42. The number of rotatable bonds is 8. The highest BCUT2D eigenvalue weighted by atomic mass is 32.1. The summed E-state index contributed by atoms with van der Waals surface area (Å²) in [7, 11) is 0. The number of hydrogen-bond donors (Lipinski definition) is 2. The summed E-state index contributed by atoms with van der Waals surface area (Å²) in [6.45, 7) is 7.09. The molecule has 1 fully saturated rings. The van der Waals surface area contributed by atoms with Crippen LogP contribution in [0.2, 0.25) is 0 Å². The van der Waals surface area contributed by atoms with E-state index in [9.17, 15) is 4.79 Å². The minimum Gasteiger partial charge on any atom is -0.392 e. The molecule has 0 saturated heterocycles. The van der Waals surface area contributed by atoms with Crippen LogP contribution in [0.15, 0.2) is 0 Å². The van der Waals surface area contributed by atoms with Gasteiger partial charge in [-0.3, -0.25) is 4.79 Å². The van der Waals surface area contributed by atoms with E-state index >= 15 is 0 Å². The Morgan fingerprint density at radius 3 is 2.17 bits per heavy atom. The summed E-state index contributed by atoms with van der Waals surface area (Å²) in [5.41, 5.74) is 5.55. The second kappa shape index (κ2) is 6.00. The Balaban J connectivity index is 2.72. The van der Waals surface area contributed by atoms with Crippen molar-refractivity contribution in [1.82, 2.24) is 5.32 Å². The van der Waals surface area contributed by atoms with E-state index in [2.05, 4.69) is 26.1 Å². The van der Waals surface area contributed by atoms with Gasteiger partial charge >= 0.3 is 0 Å². The van der Waals surface area contributed by atoms with Crippen LogP contribution in [0.1, 0.15) is 59.3 Å². The Bertz CT molecular complexity index is 318. The summed E-state index contributed by atoms with van der Waals surface area (Å²) in [4.78, 5) is 12.8. The molecule has 0 aromatic rings. The number of carbonyl (C=O) groups is 1. The van der Waals surface area contributed by atoms with Crippen molar-refractivity contribution in [2.24, 2.45) is 16.6 Å². The van der Waals surface area contributed by atoms with Crippen LogP contribution in [0.25, 0.3) is 0 Å². The van der Waals surface area contributed by atoms with Crippen LogP contribution in [0.3, 0.4) is 0 Å². The third kappa shape index (κ3) is 3.44. The van der Waals surface area contributed by atoms with Crippen LogP contribution in [0, 0.1) is 10.8 Å². The molecule has 0 spiro atoms. The predicted molar refractivity (Wildman–Crippen MR) is 79.4 cm³/mol. The van der Waals surface area contributed by atoms with Crippen LogP contribution < -0.4 is 11.1 Å². The summed E-state index contributed by atoms with van der Waals surface area (Å²) < 4.78 is 0. The molecule has 3 N–H and O–H groups in total. The third-order valence-electron chi connectivity index (χ3n) is 4.04. The average molecular weight is 270 g/mol. The van der Waals surface area contributed by atoms with Crippen molar-refractivity contribution in [3.8, 4) is 0 Å². The van der Waals surface area contributed by atoms with E-state index < -0.39 is 5.41 Å². The molecule has 0 aliphatic heterocycles. The summed E-state index contributed by atoms with van der Waals surface area (Å²) >= 11 is 5.18. The lowest BCUT2D eigenvalue weighted by Crippen LogP contribution is -2.49. The standard InChI is InChI=1S/C14H26N2OS/c1-4-6-14(7-5-2,11(15)18)12(17)16-10-13(3)8-9-13/h4-10H2,1-3H3,(H2,15,18)(H,16,17). The first kappa shape index (κ1) is 15.4. The number of amides is 1. The van der Waals surface area contributed by atoms with Crippen molar-refractivity contribution in [3.63, 3.8) is 0 Å². The normalized spacial score (nSPS) is 17.3. The molecule has 104 valence electrons. The maximum absolute atomic E-state index is 12.5. The zero-order valence-corrected chi connectivity index (χ0v) is 12.7. The SMILES string of the molecule is CCCC(CCC)(C(=O)NCC1(C)CC1)C(N)=S. The van der Waals surface area contributed by atoms with Crippen molar-refractivity contribution in [2.75, 3.05) is 6.54 Å². The molecule has 0 heterocycles. The summed E-state index contributed by atoms with van der Waals surface area (Å²) in [5.74, 6) is 0.0341. The number of thiocarbonyl (C=S) groups is 1. The van der Waals surface area contributed by atoms with Gasteiger partial charge in [-0.1, -0.05) is 45.8 Å². The summed E-state index contributed by atoms with van der Waals surface area (Å²) in [6, 6.07) is 0. The molecule has 1 saturated carbocycles. The zero-order valence-electron chi connectivity index (χ0n) is 11.8. The van der Waals surface area contributed by atoms with Crippen LogP contribution in [0.5, 0.6) is 0 Å². The maximum atomic E-state index is 12.5. The van der Waals surface area contributed by atoms with Gasteiger partial charge in [0.05, 0.1) is 10.4 Å². The second-order valence-electron chi connectivity index (χ2n) is 5.94. The minimum absolute atomic E-state index is 0.0341. The van der Waals surface area contributed by atoms with Gasteiger partial charge in [-0.25, -0.2) is 0 Å². The van der Waals surface area contributed by atoms with Gasteiger partial charge in [-0.2, -0.15) is 0 Å². The molecule has 1 aliphatic rings. The number of hydrogen-bond acceptors (Lipinski definition) is 2. The molecule has 0 atom stereocenters. The number of nitrogens with one attached hydrogen (secondary N) is 1. The van der Waals surface area contributed by atoms with Crippen LogP contribution in [-0.2, 0) is 4.79 Å². The quantitative estimate of drug-likeness (QED) is 0.667. The van der Waals surface area contributed by atoms with E-state index in [1.165, 1.54) is 12.8 Å². The number of nitrogens with two attached hydrogens (primary N) is 1. The first-order chi connectivity index (χ1) is 8.40. The lowest BCUT2D eigenvalue weighted by molar-refractivity contribution is -0.128. The molecule has 3 nitrogen and oxygen atoms in total. The van der Waals surface area contributed by atoms with Crippen LogP contribution in [0.4, 0.5) is 0 Å². The molecule has 0 aromatic carbocycles. The van der Waals surface area contributed by atoms with Gasteiger partial charge in [0.2, 0.25) is 5.91 Å². The van der Waals surface area contributed by atoms with Crippen molar-refractivity contribution in [3.05, 3.63) is 0 Å². The average Bonchev–Trinajstić information content (AvgIpc) is 3.04. The van der Waals surface area contributed by atoms with Gasteiger partial charge in [0.25, 0.3) is 0 Å². The zero-order chi connectivity index (χ0) is 13.8. The highest BCUT2D eigenvalue weighted by molar-refractivity contribution is 7.80. The van der Waals surface area contributed by atoms with Gasteiger partial charge in [-0.15, -0.1) is 0 Å². The van der Waals surface area contributed by atoms with E-state index in [4.69, 9.17) is 18.0 Å². The molecule has 18 heavy (non-hydrogen) atoms. The largest absolute Gasteiger partial charge is 0.392 e. The fourth-order valence-corrected chi connectivity index (χ4v) is 2.71. The maximum Gasteiger partial charge on any atom is 0.233 e. The molecule has 4 heteroatoms. The molecule has 0 bridgehead atoms. The highest BCUT2D eigenvalue weighted by Gasteiger charge is 2.42. The molecule has 0 unspecified atom stereocenters. The van der Waals surface area contributed by atoms with Gasteiger partial charge in [-0.05, 0) is 31.1 Å². The Morgan fingerprint density at radius 2 is 1.83 bits per heavy atom. The molecule has 1 rings (SSSR count). The van der Waals surface area contributed by atoms with Crippen LogP contribution in [-0.4, -0.2) is 17.4 Å². The lowest BCUT2D eigenvalue weighted by atomic mass is 9.78. The van der Waals surface area contributed by atoms with Gasteiger partial charge in [0.1, 0.15) is 0 Å².